The number of nitrogens with one attached hydrogen (secondary N) is 1. The number of morpholine rings is 1. The molecule has 2 aliphatic rings. The van der Waals surface area contributed by atoms with Crippen molar-refractivity contribution < 1.29 is 23.0 Å². The Morgan fingerprint density at radius 1 is 1.30 bits per heavy atom. The summed E-state index contributed by atoms with van der Waals surface area (Å²) >= 11 is 0. The average Bonchev–Trinajstić information content (AvgIpc) is 2.63. The zero-order valence-corrected chi connectivity index (χ0v) is 15.5. The van der Waals surface area contributed by atoms with Crippen molar-refractivity contribution in [1.82, 2.24) is 20.2 Å². The van der Waals surface area contributed by atoms with Gasteiger partial charge < -0.3 is 20.1 Å². The van der Waals surface area contributed by atoms with E-state index in [1.807, 2.05) is 4.90 Å². The minimum absolute atomic E-state index is 0.105. The SMILES string of the molecule is C[C@H]1COCCN1C[C@H]1CNCCN1c1ncc(C(C)(O)C(F)(F)F)cn1. The second kappa shape index (κ2) is 7.86. The monoisotopic (exact) mass is 389 g/mol. The van der Waals surface area contributed by atoms with Crippen LogP contribution in [-0.4, -0.2) is 84.2 Å². The molecular formula is C17H26F3N5O2. The van der Waals surface area contributed by atoms with E-state index in [-0.39, 0.29) is 11.6 Å². The summed E-state index contributed by atoms with van der Waals surface area (Å²) in [5, 5.41) is 13.1. The maximum atomic E-state index is 13.0. The number of aromatic nitrogens is 2. The van der Waals surface area contributed by atoms with E-state index in [4.69, 9.17) is 4.74 Å². The van der Waals surface area contributed by atoms with Crippen molar-refractivity contribution in [3.63, 3.8) is 0 Å². The summed E-state index contributed by atoms with van der Waals surface area (Å²) in [4.78, 5) is 12.6. The normalized spacial score (nSPS) is 27.4. The van der Waals surface area contributed by atoms with Crippen LogP contribution in [-0.2, 0) is 10.3 Å². The molecule has 0 spiro atoms. The highest BCUT2D eigenvalue weighted by Gasteiger charge is 2.51. The van der Waals surface area contributed by atoms with Gasteiger partial charge in [-0.25, -0.2) is 9.97 Å². The molecule has 7 nitrogen and oxygen atoms in total. The fourth-order valence-corrected chi connectivity index (χ4v) is 3.38. The fraction of sp³-hybridized carbons (Fsp3) is 0.765. The van der Waals surface area contributed by atoms with E-state index >= 15 is 0 Å². The number of halogens is 3. The van der Waals surface area contributed by atoms with Crippen LogP contribution in [0.1, 0.15) is 19.4 Å². The number of anilines is 1. The smallest absolute Gasteiger partial charge is 0.379 e. The summed E-state index contributed by atoms with van der Waals surface area (Å²) in [6, 6.07) is 0.418. The topological polar surface area (TPSA) is 73.8 Å². The Kier molecular flexibility index (Phi) is 5.90. The summed E-state index contributed by atoms with van der Waals surface area (Å²) in [6.45, 7) is 8.01. The minimum atomic E-state index is -4.79. The van der Waals surface area contributed by atoms with E-state index in [1.165, 1.54) is 0 Å². The van der Waals surface area contributed by atoms with Gasteiger partial charge in [-0.3, -0.25) is 4.90 Å². The van der Waals surface area contributed by atoms with Crippen LogP contribution in [0.15, 0.2) is 12.4 Å². The Balaban J connectivity index is 1.75. The summed E-state index contributed by atoms with van der Waals surface area (Å²) < 4.78 is 44.5. The molecule has 27 heavy (non-hydrogen) atoms. The molecule has 3 atom stereocenters. The Morgan fingerprint density at radius 3 is 2.63 bits per heavy atom. The predicted octanol–water partition coefficient (Wildman–Crippen LogP) is 0.745. The van der Waals surface area contributed by atoms with E-state index in [0.717, 1.165) is 38.6 Å². The minimum Gasteiger partial charge on any atom is -0.379 e. The average molecular weight is 389 g/mol. The van der Waals surface area contributed by atoms with Crippen molar-refractivity contribution in [2.24, 2.45) is 0 Å². The van der Waals surface area contributed by atoms with Crippen LogP contribution in [0.3, 0.4) is 0 Å². The first-order chi connectivity index (χ1) is 12.7. The highest BCUT2D eigenvalue weighted by molar-refractivity contribution is 5.34. The lowest BCUT2D eigenvalue weighted by molar-refractivity contribution is -0.259. The van der Waals surface area contributed by atoms with Gasteiger partial charge in [0.15, 0.2) is 5.60 Å². The van der Waals surface area contributed by atoms with Gasteiger partial charge in [-0.2, -0.15) is 13.2 Å². The maximum absolute atomic E-state index is 13.0. The number of rotatable bonds is 4. The van der Waals surface area contributed by atoms with Gasteiger partial charge >= 0.3 is 6.18 Å². The first kappa shape index (κ1) is 20.2. The maximum Gasteiger partial charge on any atom is 0.421 e. The molecule has 152 valence electrons. The summed E-state index contributed by atoms with van der Waals surface area (Å²) in [5.74, 6) is 0.379. The van der Waals surface area contributed by atoms with Crippen LogP contribution in [0.25, 0.3) is 0 Å². The third kappa shape index (κ3) is 4.34. The van der Waals surface area contributed by atoms with Gasteiger partial charge in [-0.05, 0) is 13.8 Å². The number of hydrogen-bond donors (Lipinski definition) is 2. The molecule has 2 fully saturated rings. The van der Waals surface area contributed by atoms with Crippen molar-refractivity contribution >= 4 is 5.95 Å². The summed E-state index contributed by atoms with van der Waals surface area (Å²) in [6.07, 6.45) is -2.67. The number of aliphatic hydroxyl groups is 1. The van der Waals surface area contributed by atoms with Crippen molar-refractivity contribution in [2.75, 3.05) is 50.8 Å². The molecule has 1 aromatic heterocycles. The molecule has 3 heterocycles. The molecule has 10 heteroatoms. The second-order valence-electron chi connectivity index (χ2n) is 7.31. The molecule has 2 aliphatic heterocycles. The first-order valence-corrected chi connectivity index (χ1v) is 9.11. The molecule has 1 aromatic rings. The van der Waals surface area contributed by atoms with Crippen molar-refractivity contribution in [2.45, 2.75) is 37.7 Å². The van der Waals surface area contributed by atoms with Crippen LogP contribution in [0.4, 0.5) is 19.1 Å². The van der Waals surface area contributed by atoms with E-state index in [0.29, 0.717) is 38.7 Å². The lowest BCUT2D eigenvalue weighted by Gasteiger charge is -2.42. The zero-order chi connectivity index (χ0) is 19.7. The van der Waals surface area contributed by atoms with Crippen molar-refractivity contribution in [3.8, 4) is 0 Å². The summed E-state index contributed by atoms with van der Waals surface area (Å²) in [7, 11) is 0. The Hall–Kier alpha value is -1.49. The van der Waals surface area contributed by atoms with E-state index in [2.05, 4.69) is 27.1 Å². The number of hydrogen-bond acceptors (Lipinski definition) is 7. The Labute approximate surface area is 156 Å². The van der Waals surface area contributed by atoms with Crippen LogP contribution in [0.5, 0.6) is 0 Å². The van der Waals surface area contributed by atoms with Gasteiger partial charge in [-0.1, -0.05) is 0 Å². The molecule has 0 saturated carbocycles. The quantitative estimate of drug-likeness (QED) is 0.787. The predicted molar refractivity (Wildman–Crippen MR) is 93.5 cm³/mol. The molecule has 0 amide bonds. The Morgan fingerprint density at radius 2 is 2.00 bits per heavy atom. The fourth-order valence-electron chi connectivity index (χ4n) is 3.38. The first-order valence-electron chi connectivity index (χ1n) is 9.11. The molecule has 0 aliphatic carbocycles. The molecular weight excluding hydrogens is 363 g/mol. The van der Waals surface area contributed by atoms with Crippen LogP contribution < -0.4 is 10.2 Å². The standard InChI is InChI=1S/C17H26F3N5O2/c1-12-11-27-6-5-24(12)10-14-9-21-3-4-25(14)15-22-7-13(8-23-15)16(2,26)17(18,19)20/h7-8,12,14,21,26H,3-6,9-11H2,1-2H3/t12-,14+,16?/m0/s1. The van der Waals surface area contributed by atoms with Gasteiger partial charge in [-0.15, -0.1) is 0 Å². The number of piperazine rings is 1. The zero-order valence-electron chi connectivity index (χ0n) is 15.5. The molecule has 0 aromatic carbocycles. The van der Waals surface area contributed by atoms with Gasteiger partial charge in [0.1, 0.15) is 0 Å². The Bertz CT molecular complexity index is 626. The molecule has 2 saturated heterocycles. The van der Waals surface area contributed by atoms with Crippen molar-refractivity contribution in [3.05, 3.63) is 18.0 Å². The van der Waals surface area contributed by atoms with E-state index < -0.39 is 11.8 Å². The second-order valence-corrected chi connectivity index (χ2v) is 7.31. The lowest BCUT2D eigenvalue weighted by Crippen LogP contribution is -2.58. The largest absolute Gasteiger partial charge is 0.421 e. The molecule has 2 N–H and O–H groups in total. The third-order valence-electron chi connectivity index (χ3n) is 5.31. The van der Waals surface area contributed by atoms with Crippen LogP contribution >= 0.6 is 0 Å². The third-order valence-corrected chi connectivity index (χ3v) is 5.31. The number of alkyl halides is 3. The van der Waals surface area contributed by atoms with E-state index in [9.17, 15) is 18.3 Å². The van der Waals surface area contributed by atoms with Crippen molar-refractivity contribution in [1.29, 1.82) is 0 Å². The molecule has 0 bridgehead atoms. The van der Waals surface area contributed by atoms with Gasteiger partial charge in [0, 0.05) is 56.7 Å². The van der Waals surface area contributed by atoms with Gasteiger partial charge in [0.05, 0.1) is 19.3 Å². The molecule has 3 rings (SSSR count). The van der Waals surface area contributed by atoms with Gasteiger partial charge in [0.2, 0.25) is 5.95 Å². The highest BCUT2D eigenvalue weighted by atomic mass is 19.4. The van der Waals surface area contributed by atoms with Crippen LogP contribution in [0, 0.1) is 0 Å². The molecule has 1 unspecified atom stereocenters. The summed E-state index contributed by atoms with van der Waals surface area (Å²) in [5.41, 5.74) is -3.34. The highest BCUT2D eigenvalue weighted by Crippen LogP contribution is 2.38. The van der Waals surface area contributed by atoms with Gasteiger partial charge in [0.25, 0.3) is 0 Å². The van der Waals surface area contributed by atoms with E-state index in [1.54, 1.807) is 0 Å². The number of ether oxygens (including phenoxy) is 1. The van der Waals surface area contributed by atoms with Crippen LogP contribution in [0.2, 0.25) is 0 Å². The number of nitrogens with zero attached hydrogens (tertiary/aromatic N) is 4. The molecule has 0 radical (unpaired) electrons. The lowest BCUT2D eigenvalue weighted by atomic mass is 9.99.